The molecule has 0 aliphatic rings. The third-order valence-corrected chi connectivity index (χ3v) is 2.75. The van der Waals surface area contributed by atoms with Crippen LogP contribution in [-0.2, 0) is 0 Å². The lowest BCUT2D eigenvalue weighted by atomic mass is 10.00. The molecule has 0 amide bonds. The van der Waals surface area contributed by atoms with Gasteiger partial charge in [0.15, 0.2) is 0 Å². The Morgan fingerprint density at radius 2 is 1.82 bits per heavy atom. The SMILES string of the molecule is CCOc1ccccc1C(C)CNCC(C)C. The number of benzene rings is 1. The van der Waals surface area contributed by atoms with Gasteiger partial charge in [0.25, 0.3) is 0 Å². The van der Waals surface area contributed by atoms with Crippen LogP contribution in [0.25, 0.3) is 0 Å². The van der Waals surface area contributed by atoms with Crippen molar-refractivity contribution in [2.75, 3.05) is 19.7 Å². The van der Waals surface area contributed by atoms with Crippen LogP contribution in [0.1, 0.15) is 39.2 Å². The average Bonchev–Trinajstić information content (AvgIpc) is 2.29. The number of rotatable bonds is 7. The molecular weight excluding hydrogens is 210 g/mol. The molecule has 1 rings (SSSR count). The maximum Gasteiger partial charge on any atom is 0.122 e. The van der Waals surface area contributed by atoms with Crippen LogP contribution in [-0.4, -0.2) is 19.7 Å². The second-order valence-corrected chi connectivity index (χ2v) is 4.92. The van der Waals surface area contributed by atoms with Crippen molar-refractivity contribution in [3.8, 4) is 5.75 Å². The fourth-order valence-corrected chi connectivity index (χ4v) is 1.87. The minimum atomic E-state index is 0.483. The van der Waals surface area contributed by atoms with Crippen LogP contribution in [0.3, 0.4) is 0 Å². The molecule has 0 spiro atoms. The van der Waals surface area contributed by atoms with E-state index >= 15 is 0 Å². The molecule has 0 aliphatic carbocycles. The molecule has 0 aromatic heterocycles. The van der Waals surface area contributed by atoms with E-state index in [1.54, 1.807) is 0 Å². The van der Waals surface area contributed by atoms with Crippen molar-refractivity contribution in [2.45, 2.75) is 33.6 Å². The highest BCUT2D eigenvalue weighted by Crippen LogP contribution is 2.25. The summed E-state index contributed by atoms with van der Waals surface area (Å²) in [5, 5.41) is 3.50. The first kappa shape index (κ1) is 14.0. The monoisotopic (exact) mass is 235 g/mol. The molecule has 0 aliphatic heterocycles. The van der Waals surface area contributed by atoms with Crippen LogP contribution in [0.15, 0.2) is 24.3 Å². The topological polar surface area (TPSA) is 21.3 Å². The van der Waals surface area contributed by atoms with E-state index in [0.717, 1.165) is 25.4 Å². The number of hydrogen-bond donors (Lipinski definition) is 1. The van der Waals surface area contributed by atoms with Gasteiger partial charge < -0.3 is 10.1 Å². The Balaban J connectivity index is 2.58. The Hall–Kier alpha value is -1.02. The highest BCUT2D eigenvalue weighted by Gasteiger charge is 2.10. The van der Waals surface area contributed by atoms with Gasteiger partial charge in [-0.1, -0.05) is 39.0 Å². The molecule has 0 bridgehead atoms. The fourth-order valence-electron chi connectivity index (χ4n) is 1.87. The minimum absolute atomic E-state index is 0.483. The molecule has 1 aromatic carbocycles. The van der Waals surface area contributed by atoms with Crippen molar-refractivity contribution in [3.05, 3.63) is 29.8 Å². The van der Waals surface area contributed by atoms with E-state index < -0.39 is 0 Å². The van der Waals surface area contributed by atoms with E-state index in [2.05, 4.69) is 44.3 Å². The molecule has 1 atom stereocenters. The summed E-state index contributed by atoms with van der Waals surface area (Å²) < 4.78 is 5.66. The van der Waals surface area contributed by atoms with Gasteiger partial charge >= 0.3 is 0 Å². The van der Waals surface area contributed by atoms with Crippen molar-refractivity contribution >= 4 is 0 Å². The van der Waals surface area contributed by atoms with E-state index in [9.17, 15) is 0 Å². The van der Waals surface area contributed by atoms with Gasteiger partial charge in [-0.3, -0.25) is 0 Å². The molecule has 0 saturated carbocycles. The minimum Gasteiger partial charge on any atom is -0.494 e. The zero-order valence-corrected chi connectivity index (χ0v) is 11.5. The molecule has 0 saturated heterocycles. The van der Waals surface area contributed by atoms with Gasteiger partial charge in [-0.2, -0.15) is 0 Å². The normalized spacial score (nSPS) is 12.8. The molecule has 0 heterocycles. The summed E-state index contributed by atoms with van der Waals surface area (Å²) in [6.45, 7) is 11.5. The van der Waals surface area contributed by atoms with Crippen molar-refractivity contribution in [2.24, 2.45) is 5.92 Å². The Bertz CT molecular complexity index is 322. The van der Waals surface area contributed by atoms with Gasteiger partial charge in [0, 0.05) is 6.54 Å². The Morgan fingerprint density at radius 3 is 2.47 bits per heavy atom. The van der Waals surface area contributed by atoms with Gasteiger partial charge in [-0.05, 0) is 36.9 Å². The number of hydrogen-bond acceptors (Lipinski definition) is 2. The zero-order valence-electron chi connectivity index (χ0n) is 11.5. The van der Waals surface area contributed by atoms with Crippen LogP contribution in [0.2, 0.25) is 0 Å². The quantitative estimate of drug-likeness (QED) is 0.781. The summed E-state index contributed by atoms with van der Waals surface area (Å²) in [4.78, 5) is 0. The molecule has 1 N–H and O–H groups in total. The van der Waals surface area contributed by atoms with Gasteiger partial charge in [-0.25, -0.2) is 0 Å². The number of ether oxygens (including phenoxy) is 1. The molecule has 1 aromatic rings. The molecule has 2 nitrogen and oxygen atoms in total. The first-order chi connectivity index (χ1) is 8.15. The van der Waals surface area contributed by atoms with Gasteiger partial charge in [0.05, 0.1) is 6.61 Å². The second-order valence-electron chi connectivity index (χ2n) is 4.92. The smallest absolute Gasteiger partial charge is 0.122 e. The van der Waals surface area contributed by atoms with Crippen LogP contribution >= 0.6 is 0 Å². The fraction of sp³-hybridized carbons (Fsp3) is 0.600. The van der Waals surface area contributed by atoms with Gasteiger partial charge in [0.1, 0.15) is 5.75 Å². The summed E-state index contributed by atoms with van der Waals surface area (Å²) >= 11 is 0. The maximum atomic E-state index is 5.66. The summed E-state index contributed by atoms with van der Waals surface area (Å²) in [5.41, 5.74) is 1.30. The lowest BCUT2D eigenvalue weighted by Crippen LogP contribution is -2.24. The first-order valence-corrected chi connectivity index (χ1v) is 6.57. The van der Waals surface area contributed by atoms with Crippen molar-refractivity contribution in [1.82, 2.24) is 5.32 Å². The van der Waals surface area contributed by atoms with Crippen LogP contribution in [0.4, 0.5) is 0 Å². The average molecular weight is 235 g/mol. The van der Waals surface area contributed by atoms with Crippen LogP contribution in [0, 0.1) is 5.92 Å². The summed E-state index contributed by atoms with van der Waals surface area (Å²) in [6, 6.07) is 8.32. The third kappa shape index (κ3) is 4.78. The lowest BCUT2D eigenvalue weighted by Gasteiger charge is -2.17. The highest BCUT2D eigenvalue weighted by atomic mass is 16.5. The standard InChI is InChI=1S/C15H25NO/c1-5-17-15-9-7-6-8-14(15)13(4)11-16-10-12(2)3/h6-9,12-13,16H,5,10-11H2,1-4H3. The number of para-hydroxylation sites is 1. The number of nitrogens with one attached hydrogen (secondary N) is 1. The van der Waals surface area contributed by atoms with Crippen molar-refractivity contribution < 1.29 is 4.74 Å². The van der Waals surface area contributed by atoms with Crippen molar-refractivity contribution in [3.63, 3.8) is 0 Å². The van der Waals surface area contributed by atoms with E-state index in [1.165, 1.54) is 5.56 Å². The molecular formula is C15H25NO. The zero-order chi connectivity index (χ0) is 12.7. The Labute approximate surface area is 105 Å². The van der Waals surface area contributed by atoms with E-state index in [0.29, 0.717) is 11.8 Å². The Kier molecular flexibility index (Phi) is 6.06. The molecule has 2 heteroatoms. The predicted octanol–water partition coefficient (Wildman–Crippen LogP) is 3.43. The molecule has 96 valence electrons. The van der Waals surface area contributed by atoms with Gasteiger partial charge in [-0.15, -0.1) is 0 Å². The van der Waals surface area contributed by atoms with Crippen LogP contribution in [0.5, 0.6) is 5.75 Å². The molecule has 17 heavy (non-hydrogen) atoms. The molecule has 1 unspecified atom stereocenters. The highest BCUT2D eigenvalue weighted by molar-refractivity contribution is 5.36. The molecule has 0 radical (unpaired) electrons. The van der Waals surface area contributed by atoms with E-state index in [1.807, 2.05) is 13.0 Å². The van der Waals surface area contributed by atoms with E-state index in [-0.39, 0.29) is 0 Å². The van der Waals surface area contributed by atoms with Gasteiger partial charge in [0.2, 0.25) is 0 Å². The summed E-state index contributed by atoms with van der Waals surface area (Å²) in [7, 11) is 0. The molecule has 0 fully saturated rings. The largest absolute Gasteiger partial charge is 0.494 e. The lowest BCUT2D eigenvalue weighted by molar-refractivity contribution is 0.334. The summed E-state index contributed by atoms with van der Waals surface area (Å²) in [5.74, 6) is 2.20. The summed E-state index contributed by atoms with van der Waals surface area (Å²) in [6.07, 6.45) is 0. The van der Waals surface area contributed by atoms with Crippen LogP contribution < -0.4 is 10.1 Å². The first-order valence-electron chi connectivity index (χ1n) is 6.57. The maximum absolute atomic E-state index is 5.66. The Morgan fingerprint density at radius 1 is 1.12 bits per heavy atom. The van der Waals surface area contributed by atoms with E-state index in [4.69, 9.17) is 4.74 Å². The second kappa shape index (κ2) is 7.33. The predicted molar refractivity (Wildman–Crippen MR) is 73.7 cm³/mol. The third-order valence-electron chi connectivity index (χ3n) is 2.75. The van der Waals surface area contributed by atoms with Crippen molar-refractivity contribution in [1.29, 1.82) is 0 Å².